The first-order valence-corrected chi connectivity index (χ1v) is 5.52. The summed E-state index contributed by atoms with van der Waals surface area (Å²) in [4.78, 5) is 10.2. The first-order valence-electron chi connectivity index (χ1n) is 4.39. The van der Waals surface area contributed by atoms with Gasteiger partial charge in [-0.25, -0.2) is 0 Å². The number of halogens is 3. The Bertz CT molecular complexity index is 368. The zero-order valence-corrected chi connectivity index (χ0v) is 10.1. The Balaban J connectivity index is 2.86. The topological polar surface area (TPSA) is 17.1 Å². The number of aldehydes is 1. The molecule has 0 saturated heterocycles. The second kappa shape index (κ2) is 6.16. The van der Waals surface area contributed by atoms with Gasteiger partial charge in [0, 0.05) is 16.5 Å². The molecule has 0 radical (unpaired) electrons. The van der Waals surface area contributed by atoms with E-state index < -0.39 is 0 Å². The van der Waals surface area contributed by atoms with Crippen molar-refractivity contribution in [1.29, 1.82) is 0 Å². The third kappa shape index (κ3) is 3.86. The lowest BCUT2D eigenvalue weighted by Gasteiger charge is -2.02. The maximum Gasteiger partial charge on any atom is 0.120 e. The molecule has 0 aliphatic carbocycles. The molecule has 0 heterocycles. The van der Waals surface area contributed by atoms with Crippen molar-refractivity contribution in [3.05, 3.63) is 39.9 Å². The fourth-order valence-electron chi connectivity index (χ4n) is 1.05. The lowest BCUT2D eigenvalue weighted by Crippen LogP contribution is -1.83. The molecule has 1 aromatic rings. The van der Waals surface area contributed by atoms with Gasteiger partial charge in [0.15, 0.2) is 0 Å². The smallest absolute Gasteiger partial charge is 0.120 e. The molecule has 1 aromatic carbocycles. The Morgan fingerprint density at radius 3 is 2.33 bits per heavy atom. The van der Waals surface area contributed by atoms with Crippen LogP contribution in [0.5, 0.6) is 0 Å². The van der Waals surface area contributed by atoms with Gasteiger partial charge in [0.25, 0.3) is 0 Å². The normalized spacial score (nSPS) is 12.2. The van der Waals surface area contributed by atoms with Crippen molar-refractivity contribution in [1.82, 2.24) is 0 Å². The van der Waals surface area contributed by atoms with Crippen LogP contribution in [-0.2, 0) is 4.79 Å². The molecular weight excluding hydrogens is 254 g/mol. The standard InChI is InChI=1S/C11H9Cl3O/c12-9-5-3-8(4-6-9)11(14)10(13)2-1-7-15/h3-7H,1-2H2/b11-10-. The highest BCUT2D eigenvalue weighted by atomic mass is 35.5. The summed E-state index contributed by atoms with van der Waals surface area (Å²) < 4.78 is 0. The van der Waals surface area contributed by atoms with Gasteiger partial charge in [-0.2, -0.15) is 0 Å². The van der Waals surface area contributed by atoms with Crippen LogP contribution in [0.25, 0.3) is 5.03 Å². The van der Waals surface area contributed by atoms with E-state index in [0.717, 1.165) is 11.8 Å². The van der Waals surface area contributed by atoms with Crippen LogP contribution in [0.1, 0.15) is 18.4 Å². The van der Waals surface area contributed by atoms with E-state index in [0.29, 0.717) is 27.9 Å². The zero-order chi connectivity index (χ0) is 11.3. The largest absolute Gasteiger partial charge is 0.303 e. The van der Waals surface area contributed by atoms with Crippen LogP contribution in [0.2, 0.25) is 5.02 Å². The molecule has 0 aliphatic rings. The zero-order valence-electron chi connectivity index (χ0n) is 7.84. The molecule has 0 saturated carbocycles. The van der Waals surface area contributed by atoms with Crippen LogP contribution < -0.4 is 0 Å². The Labute approximate surface area is 104 Å². The molecular formula is C11H9Cl3O. The highest BCUT2D eigenvalue weighted by Gasteiger charge is 2.04. The number of hydrogen-bond acceptors (Lipinski definition) is 1. The van der Waals surface area contributed by atoms with Crippen molar-refractivity contribution in [3.63, 3.8) is 0 Å². The van der Waals surface area contributed by atoms with Gasteiger partial charge in [0.05, 0.1) is 5.03 Å². The summed E-state index contributed by atoms with van der Waals surface area (Å²) >= 11 is 17.7. The van der Waals surface area contributed by atoms with Crippen LogP contribution in [0.15, 0.2) is 29.3 Å². The van der Waals surface area contributed by atoms with Gasteiger partial charge >= 0.3 is 0 Å². The van der Waals surface area contributed by atoms with E-state index in [-0.39, 0.29) is 0 Å². The summed E-state index contributed by atoms with van der Waals surface area (Å²) in [7, 11) is 0. The summed E-state index contributed by atoms with van der Waals surface area (Å²) in [5, 5.41) is 1.61. The van der Waals surface area contributed by atoms with Gasteiger partial charge in [-0.3, -0.25) is 0 Å². The van der Waals surface area contributed by atoms with Crippen molar-refractivity contribution in [2.24, 2.45) is 0 Å². The Morgan fingerprint density at radius 1 is 1.20 bits per heavy atom. The minimum absolute atomic E-state index is 0.378. The Kier molecular flexibility index (Phi) is 5.16. The van der Waals surface area contributed by atoms with E-state index in [4.69, 9.17) is 34.8 Å². The van der Waals surface area contributed by atoms with E-state index in [2.05, 4.69) is 0 Å². The van der Waals surface area contributed by atoms with Crippen molar-refractivity contribution in [2.75, 3.05) is 0 Å². The van der Waals surface area contributed by atoms with E-state index in [9.17, 15) is 4.79 Å². The molecule has 0 aliphatic heterocycles. The number of allylic oxidation sites excluding steroid dienone is 1. The summed E-state index contributed by atoms with van der Waals surface area (Å²) in [6.07, 6.45) is 1.66. The van der Waals surface area contributed by atoms with Crippen LogP contribution in [0.3, 0.4) is 0 Å². The maximum atomic E-state index is 10.2. The highest BCUT2D eigenvalue weighted by molar-refractivity contribution is 6.54. The number of benzene rings is 1. The number of carbonyl (C=O) groups is 1. The quantitative estimate of drug-likeness (QED) is 0.733. The van der Waals surface area contributed by atoms with Crippen LogP contribution in [0, 0.1) is 0 Å². The monoisotopic (exact) mass is 262 g/mol. The molecule has 15 heavy (non-hydrogen) atoms. The molecule has 1 nitrogen and oxygen atoms in total. The van der Waals surface area contributed by atoms with Crippen LogP contribution in [0.4, 0.5) is 0 Å². The predicted octanol–water partition coefficient (Wildman–Crippen LogP) is 4.47. The molecule has 0 atom stereocenters. The molecule has 0 aromatic heterocycles. The first-order chi connectivity index (χ1) is 7.15. The summed E-state index contributed by atoms with van der Waals surface area (Å²) in [6.45, 7) is 0. The predicted molar refractivity (Wildman–Crippen MR) is 65.4 cm³/mol. The molecule has 0 bridgehead atoms. The third-order valence-electron chi connectivity index (χ3n) is 1.82. The van der Waals surface area contributed by atoms with Crippen LogP contribution >= 0.6 is 34.8 Å². The van der Waals surface area contributed by atoms with Crippen molar-refractivity contribution >= 4 is 46.1 Å². The van der Waals surface area contributed by atoms with Gasteiger partial charge in [-0.05, 0) is 24.1 Å². The number of hydrogen-bond donors (Lipinski definition) is 0. The van der Waals surface area contributed by atoms with E-state index >= 15 is 0 Å². The minimum Gasteiger partial charge on any atom is -0.303 e. The Hall–Kier alpha value is -0.500. The van der Waals surface area contributed by atoms with Gasteiger partial charge in [-0.1, -0.05) is 46.9 Å². The average molecular weight is 264 g/mol. The SMILES string of the molecule is O=CCC/C(Cl)=C(/Cl)c1ccc(Cl)cc1. The molecule has 4 heteroatoms. The summed E-state index contributed by atoms with van der Waals surface area (Å²) in [5.41, 5.74) is 0.803. The first kappa shape index (κ1) is 12.6. The molecule has 0 fully saturated rings. The lowest BCUT2D eigenvalue weighted by molar-refractivity contribution is -0.107. The van der Waals surface area contributed by atoms with Crippen LogP contribution in [-0.4, -0.2) is 6.29 Å². The molecule has 0 N–H and O–H groups in total. The van der Waals surface area contributed by atoms with Gasteiger partial charge in [0.2, 0.25) is 0 Å². The van der Waals surface area contributed by atoms with E-state index in [1.165, 1.54) is 0 Å². The van der Waals surface area contributed by atoms with Crippen molar-refractivity contribution < 1.29 is 4.79 Å². The third-order valence-corrected chi connectivity index (χ3v) is 2.99. The fraction of sp³-hybridized carbons (Fsp3) is 0.182. The average Bonchev–Trinajstić information content (AvgIpc) is 2.26. The van der Waals surface area contributed by atoms with Gasteiger partial charge in [0.1, 0.15) is 6.29 Å². The molecule has 1 rings (SSSR count). The van der Waals surface area contributed by atoms with Crippen molar-refractivity contribution in [2.45, 2.75) is 12.8 Å². The second-order valence-corrected chi connectivity index (χ2v) is 4.20. The summed E-state index contributed by atoms with van der Waals surface area (Å²) in [6, 6.07) is 7.05. The molecule has 0 unspecified atom stereocenters. The van der Waals surface area contributed by atoms with Crippen molar-refractivity contribution in [3.8, 4) is 0 Å². The number of rotatable bonds is 4. The molecule has 0 spiro atoms. The highest BCUT2D eigenvalue weighted by Crippen LogP contribution is 2.28. The Morgan fingerprint density at radius 2 is 1.80 bits per heavy atom. The van der Waals surface area contributed by atoms with Gasteiger partial charge in [-0.15, -0.1) is 0 Å². The minimum atomic E-state index is 0.378. The van der Waals surface area contributed by atoms with E-state index in [1.807, 2.05) is 0 Å². The molecule has 80 valence electrons. The maximum absolute atomic E-state index is 10.2. The lowest BCUT2D eigenvalue weighted by atomic mass is 10.2. The van der Waals surface area contributed by atoms with E-state index in [1.54, 1.807) is 24.3 Å². The molecule has 0 amide bonds. The second-order valence-electron chi connectivity index (χ2n) is 2.93. The summed E-state index contributed by atoms with van der Waals surface area (Å²) in [5.74, 6) is 0. The fourth-order valence-corrected chi connectivity index (χ4v) is 1.61. The van der Waals surface area contributed by atoms with Gasteiger partial charge < -0.3 is 4.79 Å². The number of carbonyl (C=O) groups excluding carboxylic acids is 1.